The van der Waals surface area contributed by atoms with E-state index < -0.39 is 0 Å². The Morgan fingerprint density at radius 2 is 1.72 bits per heavy atom. The van der Waals surface area contributed by atoms with Gasteiger partial charge < -0.3 is 4.74 Å². The van der Waals surface area contributed by atoms with Crippen molar-refractivity contribution in [1.29, 1.82) is 0 Å². The molecular formula is C15H25NO2. The lowest BCUT2D eigenvalue weighted by molar-refractivity contribution is -0.00925. The lowest BCUT2D eigenvalue weighted by atomic mass is 10.0. The Morgan fingerprint density at radius 3 is 2.28 bits per heavy atom. The van der Waals surface area contributed by atoms with Crippen molar-refractivity contribution in [1.82, 2.24) is 5.48 Å². The highest BCUT2D eigenvalue weighted by molar-refractivity contribution is 5.24. The van der Waals surface area contributed by atoms with Crippen LogP contribution in [-0.2, 0) is 16.0 Å². The molecule has 0 saturated carbocycles. The molecule has 1 aromatic carbocycles. The molecule has 0 bridgehead atoms. The fourth-order valence-electron chi connectivity index (χ4n) is 1.79. The van der Waals surface area contributed by atoms with Gasteiger partial charge in [0, 0.05) is 7.11 Å². The molecule has 0 amide bonds. The van der Waals surface area contributed by atoms with Gasteiger partial charge >= 0.3 is 0 Å². The molecule has 1 N–H and O–H groups in total. The lowest BCUT2D eigenvalue weighted by Crippen LogP contribution is -2.21. The van der Waals surface area contributed by atoms with Gasteiger partial charge in [0.25, 0.3) is 0 Å². The molecule has 0 saturated heterocycles. The SMILES string of the molecule is COCCONC(C)c1ccc(CC(C)C)cc1. The van der Waals surface area contributed by atoms with Crippen LogP contribution in [0.3, 0.4) is 0 Å². The van der Waals surface area contributed by atoms with E-state index in [2.05, 4.69) is 50.5 Å². The molecular weight excluding hydrogens is 226 g/mol. The van der Waals surface area contributed by atoms with Crippen LogP contribution in [0.15, 0.2) is 24.3 Å². The summed E-state index contributed by atoms with van der Waals surface area (Å²) in [6, 6.07) is 8.91. The van der Waals surface area contributed by atoms with Crippen molar-refractivity contribution in [3.63, 3.8) is 0 Å². The Hall–Kier alpha value is -0.900. The average Bonchev–Trinajstić information content (AvgIpc) is 2.34. The number of ether oxygens (including phenoxy) is 1. The Labute approximate surface area is 110 Å². The van der Waals surface area contributed by atoms with Crippen molar-refractivity contribution < 1.29 is 9.57 Å². The zero-order valence-electron chi connectivity index (χ0n) is 11.9. The number of rotatable bonds is 8. The Kier molecular flexibility index (Phi) is 6.94. The van der Waals surface area contributed by atoms with Crippen molar-refractivity contribution in [3.8, 4) is 0 Å². The maximum absolute atomic E-state index is 5.31. The fourth-order valence-corrected chi connectivity index (χ4v) is 1.79. The number of methoxy groups -OCH3 is 1. The molecule has 3 heteroatoms. The number of hydrogen-bond donors (Lipinski definition) is 1. The van der Waals surface area contributed by atoms with Gasteiger partial charge in [0.1, 0.15) is 0 Å². The molecule has 18 heavy (non-hydrogen) atoms. The molecule has 0 radical (unpaired) electrons. The van der Waals surface area contributed by atoms with Crippen LogP contribution in [0.5, 0.6) is 0 Å². The summed E-state index contributed by atoms with van der Waals surface area (Å²) in [5.41, 5.74) is 5.64. The van der Waals surface area contributed by atoms with Gasteiger partial charge in [0.2, 0.25) is 0 Å². The van der Waals surface area contributed by atoms with Gasteiger partial charge in [0.05, 0.1) is 19.3 Å². The summed E-state index contributed by atoms with van der Waals surface area (Å²) in [6.45, 7) is 7.73. The number of hydroxylamine groups is 1. The van der Waals surface area contributed by atoms with Crippen LogP contribution >= 0.6 is 0 Å². The third-order valence-corrected chi connectivity index (χ3v) is 2.77. The van der Waals surface area contributed by atoms with Crippen LogP contribution in [0.2, 0.25) is 0 Å². The van der Waals surface area contributed by atoms with Crippen molar-refractivity contribution in [2.24, 2.45) is 5.92 Å². The molecule has 0 aliphatic heterocycles. The predicted molar refractivity (Wildman–Crippen MR) is 74.4 cm³/mol. The predicted octanol–water partition coefficient (Wildman–Crippen LogP) is 3.11. The molecule has 0 fully saturated rings. The molecule has 1 rings (SSSR count). The van der Waals surface area contributed by atoms with E-state index in [0.29, 0.717) is 19.1 Å². The van der Waals surface area contributed by atoms with Crippen LogP contribution in [0.25, 0.3) is 0 Å². The largest absolute Gasteiger partial charge is 0.382 e. The molecule has 0 aliphatic rings. The molecule has 1 atom stereocenters. The van der Waals surface area contributed by atoms with E-state index in [9.17, 15) is 0 Å². The van der Waals surface area contributed by atoms with Gasteiger partial charge in [-0.05, 0) is 30.4 Å². The quantitative estimate of drug-likeness (QED) is 0.569. The van der Waals surface area contributed by atoms with E-state index in [4.69, 9.17) is 9.57 Å². The van der Waals surface area contributed by atoms with Crippen LogP contribution in [0.4, 0.5) is 0 Å². The van der Waals surface area contributed by atoms with Crippen LogP contribution in [0.1, 0.15) is 37.9 Å². The summed E-state index contributed by atoms with van der Waals surface area (Å²) in [5, 5.41) is 0. The van der Waals surface area contributed by atoms with E-state index in [1.165, 1.54) is 11.1 Å². The van der Waals surface area contributed by atoms with Gasteiger partial charge in [-0.2, -0.15) is 5.48 Å². The molecule has 0 aliphatic carbocycles. The van der Waals surface area contributed by atoms with Gasteiger partial charge in [0.15, 0.2) is 0 Å². The van der Waals surface area contributed by atoms with Crippen LogP contribution < -0.4 is 5.48 Å². The first-order valence-electron chi connectivity index (χ1n) is 6.58. The van der Waals surface area contributed by atoms with E-state index >= 15 is 0 Å². The summed E-state index contributed by atoms with van der Waals surface area (Å²) in [6.07, 6.45) is 1.13. The smallest absolute Gasteiger partial charge is 0.0916 e. The second-order valence-electron chi connectivity index (χ2n) is 5.02. The third kappa shape index (κ3) is 5.63. The third-order valence-electron chi connectivity index (χ3n) is 2.77. The Morgan fingerprint density at radius 1 is 1.06 bits per heavy atom. The number of benzene rings is 1. The average molecular weight is 251 g/mol. The minimum Gasteiger partial charge on any atom is -0.382 e. The van der Waals surface area contributed by atoms with E-state index in [0.717, 1.165) is 6.42 Å². The molecule has 0 heterocycles. The van der Waals surface area contributed by atoms with Crippen molar-refractivity contribution in [2.75, 3.05) is 20.3 Å². The first-order chi connectivity index (χ1) is 8.63. The summed E-state index contributed by atoms with van der Waals surface area (Å²) < 4.78 is 4.92. The zero-order chi connectivity index (χ0) is 13.4. The van der Waals surface area contributed by atoms with E-state index in [-0.39, 0.29) is 6.04 Å². The lowest BCUT2D eigenvalue weighted by Gasteiger charge is -2.14. The molecule has 0 aromatic heterocycles. The Balaban J connectivity index is 2.41. The molecule has 0 spiro atoms. The number of hydrogen-bond acceptors (Lipinski definition) is 3. The normalized spacial score (nSPS) is 12.9. The number of nitrogens with one attached hydrogen (secondary N) is 1. The van der Waals surface area contributed by atoms with E-state index in [1.807, 2.05) is 0 Å². The summed E-state index contributed by atoms with van der Waals surface area (Å²) >= 11 is 0. The first kappa shape index (κ1) is 15.2. The van der Waals surface area contributed by atoms with E-state index in [1.54, 1.807) is 7.11 Å². The summed E-state index contributed by atoms with van der Waals surface area (Å²) in [5.74, 6) is 0.698. The topological polar surface area (TPSA) is 30.5 Å². The molecule has 1 unspecified atom stereocenters. The Bertz CT molecular complexity index is 322. The minimum absolute atomic E-state index is 0.190. The van der Waals surface area contributed by atoms with Crippen molar-refractivity contribution in [2.45, 2.75) is 33.2 Å². The first-order valence-corrected chi connectivity index (χ1v) is 6.58. The molecule has 1 aromatic rings. The second kappa shape index (κ2) is 8.25. The highest BCUT2D eigenvalue weighted by Crippen LogP contribution is 2.15. The van der Waals surface area contributed by atoms with Crippen molar-refractivity contribution >= 4 is 0 Å². The van der Waals surface area contributed by atoms with Gasteiger partial charge in [-0.1, -0.05) is 38.1 Å². The van der Waals surface area contributed by atoms with Crippen molar-refractivity contribution in [3.05, 3.63) is 35.4 Å². The van der Waals surface area contributed by atoms with Gasteiger partial charge in [-0.25, -0.2) is 0 Å². The highest BCUT2D eigenvalue weighted by atomic mass is 16.7. The minimum atomic E-state index is 0.190. The molecule has 102 valence electrons. The monoisotopic (exact) mass is 251 g/mol. The standard InChI is InChI=1S/C15H25NO2/c1-12(2)11-14-5-7-15(8-6-14)13(3)16-18-10-9-17-4/h5-8,12-13,16H,9-11H2,1-4H3. The van der Waals surface area contributed by atoms with Crippen LogP contribution in [-0.4, -0.2) is 20.3 Å². The summed E-state index contributed by atoms with van der Waals surface area (Å²) in [7, 11) is 1.67. The second-order valence-corrected chi connectivity index (χ2v) is 5.02. The van der Waals surface area contributed by atoms with Gasteiger partial charge in [-0.3, -0.25) is 4.84 Å². The maximum Gasteiger partial charge on any atom is 0.0916 e. The van der Waals surface area contributed by atoms with Crippen LogP contribution in [0, 0.1) is 5.92 Å². The summed E-state index contributed by atoms with van der Waals surface area (Å²) in [4.78, 5) is 5.31. The van der Waals surface area contributed by atoms with Gasteiger partial charge in [-0.15, -0.1) is 0 Å². The fraction of sp³-hybridized carbons (Fsp3) is 0.600. The zero-order valence-corrected chi connectivity index (χ0v) is 11.9. The maximum atomic E-state index is 5.31. The highest BCUT2D eigenvalue weighted by Gasteiger charge is 2.05. The molecule has 3 nitrogen and oxygen atoms in total.